The van der Waals surface area contributed by atoms with Crippen molar-refractivity contribution >= 4 is 45.6 Å². The van der Waals surface area contributed by atoms with Gasteiger partial charge in [-0.2, -0.15) is 0 Å². The molecule has 1 atom stereocenters. The number of carbonyl (C=O) groups is 2. The summed E-state index contributed by atoms with van der Waals surface area (Å²) >= 11 is 6.17. The van der Waals surface area contributed by atoms with Gasteiger partial charge in [0.15, 0.2) is 5.78 Å². The molecular formula is C24H26ClN5O6. The molecule has 0 radical (unpaired) electrons. The van der Waals surface area contributed by atoms with E-state index in [1.165, 1.54) is 38.5 Å². The zero-order valence-corrected chi connectivity index (χ0v) is 20.7. The number of Topliss-reactive ketones (excluding diaryl/α,β-unsaturated/α-hetero) is 1. The molecule has 190 valence electrons. The molecule has 11 nitrogen and oxygen atoms in total. The highest BCUT2D eigenvalue weighted by Crippen LogP contribution is 2.35. The number of ketones is 1. The van der Waals surface area contributed by atoms with Crippen LogP contribution in [-0.2, 0) is 22.7 Å². The molecule has 12 heteroatoms. The highest BCUT2D eigenvalue weighted by Gasteiger charge is 2.20. The maximum atomic E-state index is 13.3. The van der Waals surface area contributed by atoms with Gasteiger partial charge in [0.1, 0.15) is 18.0 Å². The molecule has 4 N–H and O–H groups in total. The maximum absolute atomic E-state index is 13.3. The minimum Gasteiger partial charge on any atom is -0.495 e. The average Bonchev–Trinajstić information content (AvgIpc) is 2.84. The Morgan fingerprint density at radius 2 is 1.75 bits per heavy atom. The fourth-order valence-electron chi connectivity index (χ4n) is 3.63. The SMILES string of the molecule is COc1cc(OC)c(NC(=O)Cn2c(=O)n(CC(=O)C(=N)C[C@@H](C)N)c(=O)c3ccccc32)cc1Cl. The average molecular weight is 516 g/mol. The second kappa shape index (κ2) is 11.2. The van der Waals surface area contributed by atoms with Gasteiger partial charge in [-0.1, -0.05) is 23.7 Å². The first-order valence-corrected chi connectivity index (χ1v) is 11.2. The number of carbonyl (C=O) groups excluding carboxylic acids is 2. The Morgan fingerprint density at radius 3 is 2.39 bits per heavy atom. The summed E-state index contributed by atoms with van der Waals surface area (Å²) < 4.78 is 12.2. The highest BCUT2D eigenvalue weighted by molar-refractivity contribution is 6.38. The summed E-state index contributed by atoms with van der Waals surface area (Å²) in [4.78, 5) is 51.7. The molecule has 1 amide bonds. The lowest BCUT2D eigenvalue weighted by Crippen LogP contribution is -2.44. The van der Waals surface area contributed by atoms with Gasteiger partial charge in [-0.3, -0.25) is 23.5 Å². The van der Waals surface area contributed by atoms with E-state index >= 15 is 0 Å². The minimum atomic E-state index is -0.865. The molecule has 0 fully saturated rings. The van der Waals surface area contributed by atoms with Crippen molar-refractivity contribution in [3.8, 4) is 11.5 Å². The quantitative estimate of drug-likeness (QED) is 0.347. The van der Waals surface area contributed by atoms with E-state index < -0.39 is 42.1 Å². The largest absolute Gasteiger partial charge is 0.495 e. The van der Waals surface area contributed by atoms with E-state index in [2.05, 4.69) is 5.32 Å². The summed E-state index contributed by atoms with van der Waals surface area (Å²) in [6.07, 6.45) is 0.00398. The number of ether oxygens (including phenoxy) is 2. The first-order valence-electron chi connectivity index (χ1n) is 10.9. The molecule has 3 aromatic rings. The number of amides is 1. The van der Waals surface area contributed by atoms with Crippen LogP contribution in [-0.4, -0.2) is 46.8 Å². The number of halogens is 1. The Labute approximate surface area is 210 Å². The van der Waals surface area contributed by atoms with Crippen molar-refractivity contribution in [2.24, 2.45) is 5.73 Å². The molecule has 0 saturated heterocycles. The van der Waals surface area contributed by atoms with Crippen LogP contribution < -0.4 is 31.8 Å². The molecule has 0 aliphatic heterocycles. The predicted octanol–water partition coefficient (Wildman–Crippen LogP) is 1.80. The van der Waals surface area contributed by atoms with E-state index in [9.17, 15) is 19.2 Å². The second-order valence-electron chi connectivity index (χ2n) is 8.10. The van der Waals surface area contributed by atoms with Crippen LogP contribution in [0.5, 0.6) is 11.5 Å². The van der Waals surface area contributed by atoms with E-state index in [0.717, 1.165) is 9.13 Å². The van der Waals surface area contributed by atoms with Crippen LogP contribution in [0.3, 0.4) is 0 Å². The minimum absolute atomic E-state index is 0.00398. The predicted molar refractivity (Wildman–Crippen MR) is 137 cm³/mol. The second-order valence-corrected chi connectivity index (χ2v) is 8.50. The van der Waals surface area contributed by atoms with Crippen LogP contribution in [0.25, 0.3) is 10.9 Å². The third-order valence-corrected chi connectivity index (χ3v) is 5.64. The van der Waals surface area contributed by atoms with Gasteiger partial charge in [0.05, 0.1) is 48.1 Å². The van der Waals surface area contributed by atoms with Gasteiger partial charge in [0, 0.05) is 18.5 Å². The molecule has 0 saturated carbocycles. The summed E-state index contributed by atoms with van der Waals surface area (Å²) in [6, 6.07) is 8.76. The molecule has 0 spiro atoms. The summed E-state index contributed by atoms with van der Waals surface area (Å²) in [6.45, 7) is 0.524. The smallest absolute Gasteiger partial charge is 0.332 e. The van der Waals surface area contributed by atoms with E-state index in [-0.39, 0.29) is 39.5 Å². The van der Waals surface area contributed by atoms with E-state index in [0.29, 0.717) is 5.75 Å². The molecule has 1 heterocycles. The summed E-state index contributed by atoms with van der Waals surface area (Å²) in [5, 5.41) is 10.9. The number of aromatic nitrogens is 2. The zero-order chi connectivity index (χ0) is 26.6. The van der Waals surface area contributed by atoms with Crippen molar-refractivity contribution in [2.45, 2.75) is 32.5 Å². The molecule has 0 aliphatic carbocycles. The summed E-state index contributed by atoms with van der Waals surface area (Å²) in [7, 11) is 2.85. The van der Waals surface area contributed by atoms with Gasteiger partial charge in [-0.25, -0.2) is 4.79 Å². The number of nitrogens with two attached hydrogens (primary N) is 1. The van der Waals surface area contributed by atoms with Gasteiger partial charge in [-0.05, 0) is 25.1 Å². The van der Waals surface area contributed by atoms with E-state index in [4.69, 9.17) is 32.2 Å². The van der Waals surface area contributed by atoms with E-state index in [1.807, 2.05) is 0 Å². The lowest BCUT2D eigenvalue weighted by Gasteiger charge is -2.16. The van der Waals surface area contributed by atoms with Crippen molar-refractivity contribution in [1.29, 1.82) is 5.41 Å². The number of anilines is 1. The highest BCUT2D eigenvalue weighted by atomic mass is 35.5. The Hall–Kier alpha value is -3.96. The van der Waals surface area contributed by atoms with Crippen molar-refractivity contribution in [1.82, 2.24) is 9.13 Å². The maximum Gasteiger partial charge on any atom is 0.332 e. The molecule has 0 aliphatic rings. The number of hydrogen-bond donors (Lipinski definition) is 3. The fourth-order valence-corrected chi connectivity index (χ4v) is 3.87. The van der Waals surface area contributed by atoms with Crippen LogP contribution in [0.4, 0.5) is 5.69 Å². The normalized spacial score (nSPS) is 11.7. The third kappa shape index (κ3) is 5.64. The van der Waals surface area contributed by atoms with Crippen LogP contribution in [0.1, 0.15) is 13.3 Å². The molecular weight excluding hydrogens is 490 g/mol. The number of benzene rings is 2. The van der Waals surface area contributed by atoms with Crippen LogP contribution in [0, 0.1) is 5.41 Å². The van der Waals surface area contributed by atoms with Crippen LogP contribution in [0.2, 0.25) is 5.02 Å². The Balaban J connectivity index is 2.00. The van der Waals surface area contributed by atoms with E-state index in [1.54, 1.807) is 19.1 Å². The topological polar surface area (TPSA) is 158 Å². The lowest BCUT2D eigenvalue weighted by molar-refractivity contribution is -0.116. The van der Waals surface area contributed by atoms with Crippen LogP contribution in [0.15, 0.2) is 46.0 Å². The van der Waals surface area contributed by atoms with Gasteiger partial charge in [0.25, 0.3) is 5.56 Å². The van der Waals surface area contributed by atoms with Gasteiger partial charge in [-0.15, -0.1) is 0 Å². The number of nitrogens with one attached hydrogen (secondary N) is 2. The monoisotopic (exact) mass is 515 g/mol. The lowest BCUT2D eigenvalue weighted by atomic mass is 10.1. The van der Waals surface area contributed by atoms with Gasteiger partial charge < -0.3 is 25.9 Å². The first kappa shape index (κ1) is 26.6. The van der Waals surface area contributed by atoms with Crippen molar-refractivity contribution in [3.63, 3.8) is 0 Å². The number of rotatable bonds is 10. The molecule has 36 heavy (non-hydrogen) atoms. The summed E-state index contributed by atoms with van der Waals surface area (Å²) in [5.74, 6) is -0.691. The Kier molecular flexibility index (Phi) is 8.28. The molecule has 3 rings (SSSR count). The Bertz CT molecular complexity index is 1460. The molecule has 0 unspecified atom stereocenters. The molecule has 0 bridgehead atoms. The zero-order valence-electron chi connectivity index (χ0n) is 20.0. The van der Waals surface area contributed by atoms with Crippen LogP contribution >= 0.6 is 11.6 Å². The fraction of sp³-hybridized carbons (Fsp3) is 0.292. The van der Waals surface area contributed by atoms with Gasteiger partial charge in [0.2, 0.25) is 5.91 Å². The van der Waals surface area contributed by atoms with Gasteiger partial charge >= 0.3 is 5.69 Å². The number of hydrogen-bond acceptors (Lipinski definition) is 8. The third-order valence-electron chi connectivity index (χ3n) is 5.35. The van der Waals surface area contributed by atoms with Crippen molar-refractivity contribution in [3.05, 3.63) is 62.3 Å². The number of methoxy groups -OCH3 is 2. The summed E-state index contributed by atoms with van der Waals surface area (Å²) in [5.41, 5.74) is 4.26. The Morgan fingerprint density at radius 1 is 1.08 bits per heavy atom. The standard InChI is InChI=1S/C24H26ClN5O6/c1-13(26)8-16(27)19(31)11-30-23(33)14-6-4-5-7-18(14)29(24(30)34)12-22(32)28-17-9-15(25)20(35-2)10-21(17)36-3/h4-7,9-10,13,27H,8,11-12,26H2,1-3H3,(H,28,32)/t13-/m1/s1. The van der Waals surface area contributed by atoms with Crippen molar-refractivity contribution < 1.29 is 19.1 Å². The molecule has 1 aromatic heterocycles. The molecule has 2 aromatic carbocycles. The number of para-hydroxylation sites is 1. The first-order chi connectivity index (χ1) is 17.1. The number of fused-ring (bicyclic) bond motifs is 1. The number of nitrogens with zero attached hydrogens (tertiary/aromatic N) is 2. The van der Waals surface area contributed by atoms with Crippen molar-refractivity contribution in [2.75, 3.05) is 19.5 Å².